The second-order valence-corrected chi connectivity index (χ2v) is 4.64. The third kappa shape index (κ3) is 2.76. The molecule has 0 aromatic heterocycles. The molecule has 2 amide bonds. The van der Waals surface area contributed by atoms with Gasteiger partial charge in [-0.15, -0.1) is 0 Å². The summed E-state index contributed by atoms with van der Waals surface area (Å²) in [4.78, 5) is 15.3. The summed E-state index contributed by atoms with van der Waals surface area (Å²) >= 11 is 0. The van der Waals surface area contributed by atoms with Gasteiger partial charge in [0, 0.05) is 32.2 Å². The molecular weight excluding hydrogens is 202 g/mol. The Kier molecular flexibility index (Phi) is 3.83. The fraction of sp³-hybridized carbons (Fsp3) is 0.750. The molecule has 1 heterocycles. The van der Waals surface area contributed by atoms with E-state index in [2.05, 4.69) is 17.1 Å². The van der Waals surface area contributed by atoms with Gasteiger partial charge in [-0.05, 0) is 25.7 Å². The summed E-state index contributed by atoms with van der Waals surface area (Å²) in [5.74, 6) is 0. The first-order valence-corrected chi connectivity index (χ1v) is 6.22. The number of amides is 2. The number of nitrogens with two attached hydrogens (primary N) is 1. The minimum atomic E-state index is -0.277. The minimum Gasteiger partial charge on any atom is -0.351 e. The zero-order valence-corrected chi connectivity index (χ0v) is 9.77. The summed E-state index contributed by atoms with van der Waals surface area (Å²) in [6.07, 6.45) is 9.41. The van der Waals surface area contributed by atoms with Crippen molar-refractivity contribution in [3.63, 3.8) is 0 Å². The molecule has 2 rings (SSSR count). The average Bonchev–Trinajstić information content (AvgIpc) is 2.55. The number of hydrogen-bond donors (Lipinski definition) is 1. The Morgan fingerprint density at radius 2 is 2.06 bits per heavy atom. The third-order valence-electron chi connectivity index (χ3n) is 3.54. The quantitative estimate of drug-likeness (QED) is 0.679. The van der Waals surface area contributed by atoms with Crippen LogP contribution in [0.3, 0.4) is 0 Å². The number of urea groups is 1. The van der Waals surface area contributed by atoms with Crippen molar-refractivity contribution in [1.82, 2.24) is 9.80 Å². The van der Waals surface area contributed by atoms with E-state index >= 15 is 0 Å². The Balaban J connectivity index is 1.90. The highest BCUT2D eigenvalue weighted by molar-refractivity contribution is 5.71. The first-order valence-electron chi connectivity index (χ1n) is 6.22. The normalized spacial score (nSPS) is 27.8. The van der Waals surface area contributed by atoms with E-state index in [4.69, 9.17) is 5.73 Å². The van der Waals surface area contributed by atoms with Crippen LogP contribution in [-0.2, 0) is 0 Å². The molecular formula is C12H21N3O. The van der Waals surface area contributed by atoms with E-state index in [1.54, 1.807) is 4.90 Å². The standard InChI is InChI=1S/C12H21N3O/c13-12(16)15-8-4-7-14(9-10-15)11-5-2-1-3-6-11/h2,5,11H,1,3-4,6-10H2,(H2,13,16). The maximum absolute atomic E-state index is 11.1. The molecule has 1 atom stereocenters. The number of primary amides is 1. The molecule has 1 aliphatic carbocycles. The molecule has 0 spiro atoms. The second-order valence-electron chi connectivity index (χ2n) is 4.64. The number of rotatable bonds is 1. The van der Waals surface area contributed by atoms with Crippen LogP contribution < -0.4 is 5.73 Å². The number of carbonyl (C=O) groups excluding carboxylic acids is 1. The molecule has 1 fully saturated rings. The SMILES string of the molecule is NC(=O)N1CCCN(C2C=CCCC2)CC1. The van der Waals surface area contributed by atoms with E-state index < -0.39 is 0 Å². The van der Waals surface area contributed by atoms with Crippen LogP contribution in [0.25, 0.3) is 0 Å². The first-order chi connectivity index (χ1) is 7.77. The van der Waals surface area contributed by atoms with Crippen LogP contribution in [0.4, 0.5) is 4.79 Å². The molecule has 0 bridgehead atoms. The molecule has 0 saturated carbocycles. The topological polar surface area (TPSA) is 49.6 Å². The molecule has 2 aliphatic rings. The Hall–Kier alpha value is -1.03. The van der Waals surface area contributed by atoms with Gasteiger partial charge in [-0.2, -0.15) is 0 Å². The molecule has 2 N–H and O–H groups in total. The van der Waals surface area contributed by atoms with Crippen LogP contribution in [0.5, 0.6) is 0 Å². The molecule has 0 aromatic rings. The molecule has 1 aliphatic heterocycles. The van der Waals surface area contributed by atoms with E-state index in [0.717, 1.165) is 32.6 Å². The van der Waals surface area contributed by atoms with Gasteiger partial charge in [0.15, 0.2) is 0 Å². The van der Waals surface area contributed by atoms with Crippen molar-refractivity contribution >= 4 is 6.03 Å². The monoisotopic (exact) mass is 223 g/mol. The summed E-state index contributed by atoms with van der Waals surface area (Å²) < 4.78 is 0. The van der Waals surface area contributed by atoms with Gasteiger partial charge in [0.25, 0.3) is 0 Å². The van der Waals surface area contributed by atoms with E-state index in [1.807, 2.05) is 0 Å². The Morgan fingerprint density at radius 3 is 2.75 bits per heavy atom. The average molecular weight is 223 g/mol. The lowest BCUT2D eigenvalue weighted by Crippen LogP contribution is -2.40. The molecule has 1 saturated heterocycles. The maximum Gasteiger partial charge on any atom is 0.314 e. The first kappa shape index (κ1) is 11.5. The number of allylic oxidation sites excluding steroid dienone is 1. The lowest BCUT2D eigenvalue weighted by atomic mass is 10.0. The van der Waals surface area contributed by atoms with Crippen molar-refractivity contribution in [2.45, 2.75) is 31.7 Å². The molecule has 0 radical (unpaired) electrons. The summed E-state index contributed by atoms with van der Waals surface area (Å²) in [6.45, 7) is 3.62. The highest BCUT2D eigenvalue weighted by Crippen LogP contribution is 2.18. The van der Waals surface area contributed by atoms with E-state index in [-0.39, 0.29) is 6.03 Å². The van der Waals surface area contributed by atoms with Crippen molar-refractivity contribution in [2.24, 2.45) is 5.73 Å². The molecule has 16 heavy (non-hydrogen) atoms. The van der Waals surface area contributed by atoms with Crippen molar-refractivity contribution in [1.29, 1.82) is 0 Å². The molecule has 4 nitrogen and oxygen atoms in total. The number of carbonyl (C=O) groups is 1. The Labute approximate surface area is 97.1 Å². The van der Waals surface area contributed by atoms with Gasteiger partial charge in [-0.25, -0.2) is 4.79 Å². The number of nitrogens with zero attached hydrogens (tertiary/aromatic N) is 2. The molecule has 4 heteroatoms. The fourth-order valence-electron chi connectivity index (χ4n) is 2.59. The summed E-state index contributed by atoms with van der Waals surface area (Å²) in [6, 6.07) is 0.308. The van der Waals surface area contributed by atoms with Gasteiger partial charge < -0.3 is 10.6 Å². The predicted octanol–water partition coefficient (Wildman–Crippen LogP) is 1.18. The van der Waals surface area contributed by atoms with Gasteiger partial charge in [0.2, 0.25) is 0 Å². The van der Waals surface area contributed by atoms with E-state index in [1.165, 1.54) is 19.3 Å². The zero-order valence-electron chi connectivity index (χ0n) is 9.77. The van der Waals surface area contributed by atoms with Gasteiger partial charge in [0.1, 0.15) is 0 Å². The highest BCUT2D eigenvalue weighted by atomic mass is 16.2. The second kappa shape index (κ2) is 5.34. The Bertz CT molecular complexity index is 277. The summed E-state index contributed by atoms with van der Waals surface area (Å²) in [5.41, 5.74) is 5.32. The van der Waals surface area contributed by atoms with Crippen molar-refractivity contribution in [2.75, 3.05) is 26.2 Å². The van der Waals surface area contributed by atoms with Gasteiger partial charge in [-0.3, -0.25) is 4.90 Å². The molecule has 90 valence electrons. The predicted molar refractivity (Wildman–Crippen MR) is 64.1 cm³/mol. The van der Waals surface area contributed by atoms with Gasteiger partial charge in [0.05, 0.1) is 0 Å². The van der Waals surface area contributed by atoms with Crippen LogP contribution in [0.2, 0.25) is 0 Å². The Morgan fingerprint density at radius 1 is 1.19 bits per heavy atom. The van der Waals surface area contributed by atoms with Crippen LogP contribution in [0.1, 0.15) is 25.7 Å². The van der Waals surface area contributed by atoms with Crippen molar-refractivity contribution < 1.29 is 4.79 Å². The molecule has 0 aromatic carbocycles. The smallest absolute Gasteiger partial charge is 0.314 e. The van der Waals surface area contributed by atoms with Crippen LogP contribution >= 0.6 is 0 Å². The zero-order chi connectivity index (χ0) is 11.4. The maximum atomic E-state index is 11.1. The van der Waals surface area contributed by atoms with Crippen LogP contribution in [0.15, 0.2) is 12.2 Å². The van der Waals surface area contributed by atoms with Crippen LogP contribution in [0, 0.1) is 0 Å². The summed E-state index contributed by atoms with van der Waals surface area (Å²) in [7, 11) is 0. The summed E-state index contributed by atoms with van der Waals surface area (Å²) in [5, 5.41) is 0. The van der Waals surface area contributed by atoms with Gasteiger partial charge >= 0.3 is 6.03 Å². The van der Waals surface area contributed by atoms with Crippen LogP contribution in [-0.4, -0.2) is 48.1 Å². The number of hydrogen-bond acceptors (Lipinski definition) is 2. The van der Waals surface area contributed by atoms with Gasteiger partial charge in [-0.1, -0.05) is 12.2 Å². The van der Waals surface area contributed by atoms with Crippen molar-refractivity contribution in [3.8, 4) is 0 Å². The lowest BCUT2D eigenvalue weighted by Gasteiger charge is -2.30. The minimum absolute atomic E-state index is 0.277. The highest BCUT2D eigenvalue weighted by Gasteiger charge is 2.22. The lowest BCUT2D eigenvalue weighted by molar-refractivity contribution is 0.200. The largest absolute Gasteiger partial charge is 0.351 e. The fourth-order valence-corrected chi connectivity index (χ4v) is 2.59. The van der Waals surface area contributed by atoms with E-state index in [0.29, 0.717) is 6.04 Å². The molecule has 1 unspecified atom stereocenters. The third-order valence-corrected chi connectivity index (χ3v) is 3.54. The van der Waals surface area contributed by atoms with Crippen molar-refractivity contribution in [3.05, 3.63) is 12.2 Å². The van der Waals surface area contributed by atoms with E-state index in [9.17, 15) is 4.79 Å².